The van der Waals surface area contributed by atoms with Gasteiger partial charge in [-0.1, -0.05) is 17.7 Å². The fraction of sp³-hybridized carbons (Fsp3) is 0.583. The highest BCUT2D eigenvalue weighted by atomic mass is 16.1. The minimum absolute atomic E-state index is 0.343. The molecule has 2 aliphatic carbocycles. The number of hydrogen-bond donors (Lipinski definition) is 0. The zero-order valence-corrected chi connectivity index (χ0v) is 7.96. The molecule has 0 spiro atoms. The largest absolute Gasteiger partial charge is 0.295 e. The van der Waals surface area contributed by atoms with E-state index < -0.39 is 0 Å². The van der Waals surface area contributed by atoms with Crippen molar-refractivity contribution >= 4 is 5.78 Å². The molecule has 0 saturated carbocycles. The Kier molecular flexibility index (Phi) is 2.62. The maximum Gasteiger partial charge on any atom is 0.155 e. The zero-order chi connectivity index (χ0) is 9.10. The monoisotopic (exact) mass is 176 g/mol. The SMILES string of the molecule is O=C1C=C(C2CC=CCC2)CCC1. The fourth-order valence-corrected chi connectivity index (χ4v) is 2.27. The molecule has 2 aliphatic rings. The lowest BCUT2D eigenvalue weighted by atomic mass is 9.82. The Morgan fingerprint density at radius 3 is 2.85 bits per heavy atom. The number of rotatable bonds is 1. The molecule has 1 atom stereocenters. The molecule has 0 aliphatic heterocycles. The van der Waals surface area contributed by atoms with Gasteiger partial charge in [-0.2, -0.15) is 0 Å². The Bertz CT molecular complexity index is 260. The first-order valence-electron chi connectivity index (χ1n) is 5.24. The van der Waals surface area contributed by atoms with E-state index in [-0.39, 0.29) is 0 Å². The molecule has 2 rings (SSSR count). The summed E-state index contributed by atoms with van der Waals surface area (Å²) in [4.78, 5) is 11.2. The second-order valence-corrected chi connectivity index (χ2v) is 4.02. The van der Waals surface area contributed by atoms with Gasteiger partial charge in [0.25, 0.3) is 0 Å². The Morgan fingerprint density at radius 1 is 1.23 bits per heavy atom. The van der Waals surface area contributed by atoms with Gasteiger partial charge in [0.05, 0.1) is 0 Å². The number of hydrogen-bond acceptors (Lipinski definition) is 1. The number of allylic oxidation sites excluding steroid dienone is 4. The number of ketones is 1. The summed E-state index contributed by atoms with van der Waals surface area (Å²) in [6.07, 6.45) is 13.0. The maximum atomic E-state index is 11.2. The molecule has 0 aromatic heterocycles. The van der Waals surface area contributed by atoms with Gasteiger partial charge >= 0.3 is 0 Å². The van der Waals surface area contributed by atoms with E-state index in [1.54, 1.807) is 0 Å². The van der Waals surface area contributed by atoms with Crippen molar-refractivity contribution in [2.24, 2.45) is 5.92 Å². The topological polar surface area (TPSA) is 17.1 Å². The summed E-state index contributed by atoms with van der Waals surface area (Å²) in [5.41, 5.74) is 1.42. The van der Waals surface area contributed by atoms with Crippen LogP contribution in [0.3, 0.4) is 0 Å². The van der Waals surface area contributed by atoms with E-state index >= 15 is 0 Å². The lowest BCUT2D eigenvalue weighted by molar-refractivity contribution is -0.115. The molecular weight excluding hydrogens is 160 g/mol. The summed E-state index contributed by atoms with van der Waals surface area (Å²) in [6, 6.07) is 0. The molecule has 0 fully saturated rings. The first-order valence-corrected chi connectivity index (χ1v) is 5.24. The van der Waals surface area contributed by atoms with E-state index in [0.717, 1.165) is 25.7 Å². The Balaban J connectivity index is 2.06. The third-order valence-corrected chi connectivity index (χ3v) is 3.03. The molecular formula is C12H16O. The van der Waals surface area contributed by atoms with Crippen LogP contribution in [0.1, 0.15) is 38.5 Å². The molecule has 70 valence electrons. The molecule has 0 amide bonds. The lowest BCUT2D eigenvalue weighted by Crippen LogP contribution is -2.12. The quantitative estimate of drug-likeness (QED) is 0.561. The Hall–Kier alpha value is -0.850. The van der Waals surface area contributed by atoms with E-state index in [9.17, 15) is 4.79 Å². The van der Waals surface area contributed by atoms with Crippen molar-refractivity contribution in [1.29, 1.82) is 0 Å². The van der Waals surface area contributed by atoms with Crippen LogP contribution in [0.4, 0.5) is 0 Å². The van der Waals surface area contributed by atoms with E-state index in [0.29, 0.717) is 11.7 Å². The molecule has 1 heteroatoms. The molecule has 0 saturated heterocycles. The molecule has 0 aromatic carbocycles. The third-order valence-electron chi connectivity index (χ3n) is 3.03. The average molecular weight is 176 g/mol. The van der Waals surface area contributed by atoms with Crippen LogP contribution in [0.15, 0.2) is 23.8 Å². The molecule has 0 bridgehead atoms. The van der Waals surface area contributed by atoms with Crippen molar-refractivity contribution in [2.45, 2.75) is 38.5 Å². The van der Waals surface area contributed by atoms with Gasteiger partial charge in [-0.05, 0) is 44.1 Å². The van der Waals surface area contributed by atoms with E-state index in [2.05, 4.69) is 12.2 Å². The summed E-state index contributed by atoms with van der Waals surface area (Å²) in [5.74, 6) is 1.02. The van der Waals surface area contributed by atoms with E-state index in [1.807, 2.05) is 6.08 Å². The summed E-state index contributed by atoms with van der Waals surface area (Å²) < 4.78 is 0. The number of carbonyl (C=O) groups excluding carboxylic acids is 1. The maximum absolute atomic E-state index is 11.2. The molecule has 1 nitrogen and oxygen atoms in total. The summed E-state index contributed by atoms with van der Waals surface area (Å²) in [7, 11) is 0. The molecule has 0 N–H and O–H groups in total. The minimum atomic E-state index is 0.343. The highest BCUT2D eigenvalue weighted by molar-refractivity contribution is 5.91. The molecule has 0 aromatic rings. The van der Waals surface area contributed by atoms with Crippen LogP contribution >= 0.6 is 0 Å². The fourth-order valence-electron chi connectivity index (χ4n) is 2.27. The second kappa shape index (κ2) is 3.91. The second-order valence-electron chi connectivity index (χ2n) is 4.02. The van der Waals surface area contributed by atoms with Crippen molar-refractivity contribution in [1.82, 2.24) is 0 Å². The van der Waals surface area contributed by atoms with Crippen LogP contribution in [0.2, 0.25) is 0 Å². The third kappa shape index (κ3) is 2.09. The first-order chi connectivity index (χ1) is 6.36. The van der Waals surface area contributed by atoms with Gasteiger partial charge in [0.15, 0.2) is 5.78 Å². The van der Waals surface area contributed by atoms with Crippen LogP contribution in [0.5, 0.6) is 0 Å². The zero-order valence-electron chi connectivity index (χ0n) is 7.96. The summed E-state index contributed by atoms with van der Waals surface area (Å²) in [6.45, 7) is 0. The van der Waals surface area contributed by atoms with Gasteiger partial charge in [0.1, 0.15) is 0 Å². The predicted molar refractivity (Wildman–Crippen MR) is 53.4 cm³/mol. The highest BCUT2D eigenvalue weighted by Crippen LogP contribution is 2.31. The smallest absolute Gasteiger partial charge is 0.155 e. The van der Waals surface area contributed by atoms with Crippen LogP contribution in [0.25, 0.3) is 0 Å². The van der Waals surface area contributed by atoms with Crippen molar-refractivity contribution in [3.8, 4) is 0 Å². The summed E-state index contributed by atoms with van der Waals surface area (Å²) >= 11 is 0. The molecule has 1 unspecified atom stereocenters. The van der Waals surface area contributed by atoms with Gasteiger partial charge in [0.2, 0.25) is 0 Å². The molecule has 0 radical (unpaired) electrons. The van der Waals surface area contributed by atoms with Crippen LogP contribution in [0, 0.1) is 5.92 Å². The standard InChI is InChI=1S/C12H16O/c13-12-8-4-7-11(9-12)10-5-2-1-3-6-10/h1-2,9-10H,3-8H2. The van der Waals surface area contributed by atoms with Crippen molar-refractivity contribution in [3.05, 3.63) is 23.8 Å². The first kappa shape index (κ1) is 8.74. The molecule has 13 heavy (non-hydrogen) atoms. The van der Waals surface area contributed by atoms with Crippen molar-refractivity contribution in [2.75, 3.05) is 0 Å². The normalized spacial score (nSPS) is 28.8. The minimum Gasteiger partial charge on any atom is -0.295 e. The lowest BCUT2D eigenvalue weighted by Gasteiger charge is -2.23. The van der Waals surface area contributed by atoms with Crippen LogP contribution in [-0.2, 0) is 4.79 Å². The highest BCUT2D eigenvalue weighted by Gasteiger charge is 2.18. The van der Waals surface area contributed by atoms with Crippen molar-refractivity contribution in [3.63, 3.8) is 0 Å². The van der Waals surface area contributed by atoms with Gasteiger partial charge < -0.3 is 0 Å². The van der Waals surface area contributed by atoms with Gasteiger partial charge in [0, 0.05) is 6.42 Å². The Labute approximate surface area is 79.5 Å². The molecule has 0 heterocycles. The van der Waals surface area contributed by atoms with Gasteiger partial charge in [-0.15, -0.1) is 0 Å². The van der Waals surface area contributed by atoms with Crippen LogP contribution < -0.4 is 0 Å². The number of carbonyl (C=O) groups is 1. The average Bonchev–Trinajstić information content (AvgIpc) is 2.19. The van der Waals surface area contributed by atoms with E-state index in [1.165, 1.54) is 18.4 Å². The van der Waals surface area contributed by atoms with Gasteiger partial charge in [-0.25, -0.2) is 0 Å². The summed E-state index contributed by atoms with van der Waals surface area (Å²) in [5, 5.41) is 0. The van der Waals surface area contributed by atoms with Crippen molar-refractivity contribution < 1.29 is 4.79 Å². The predicted octanol–water partition coefficient (Wildman–Crippen LogP) is 3.02. The van der Waals surface area contributed by atoms with E-state index in [4.69, 9.17) is 0 Å². The van der Waals surface area contributed by atoms with Crippen LogP contribution in [-0.4, -0.2) is 5.78 Å². The Morgan fingerprint density at radius 2 is 2.15 bits per heavy atom. The van der Waals surface area contributed by atoms with Gasteiger partial charge in [-0.3, -0.25) is 4.79 Å².